The van der Waals surface area contributed by atoms with E-state index in [0.29, 0.717) is 36.8 Å². The molecule has 0 spiro atoms. The number of benzene rings is 3. The van der Waals surface area contributed by atoms with Crippen molar-refractivity contribution < 1.29 is 23.8 Å². The van der Waals surface area contributed by atoms with Crippen molar-refractivity contribution in [3.8, 4) is 17.2 Å². The van der Waals surface area contributed by atoms with Crippen molar-refractivity contribution in [1.29, 1.82) is 0 Å². The van der Waals surface area contributed by atoms with Crippen molar-refractivity contribution in [1.82, 2.24) is 10.2 Å². The predicted molar refractivity (Wildman–Crippen MR) is 141 cm³/mol. The minimum absolute atomic E-state index is 0.106. The summed E-state index contributed by atoms with van der Waals surface area (Å²) in [6.45, 7) is 2.71. The largest absolute Gasteiger partial charge is 0.496 e. The third-order valence-corrected chi connectivity index (χ3v) is 6.54. The summed E-state index contributed by atoms with van der Waals surface area (Å²) >= 11 is 0. The molecule has 188 valence electrons. The van der Waals surface area contributed by atoms with Crippen LogP contribution >= 0.6 is 0 Å². The Morgan fingerprint density at radius 3 is 2.31 bits per heavy atom. The number of carbonyl (C=O) groups is 2. The second-order valence-corrected chi connectivity index (χ2v) is 8.77. The van der Waals surface area contributed by atoms with Crippen LogP contribution in [0.4, 0.5) is 0 Å². The number of amides is 2. The summed E-state index contributed by atoms with van der Waals surface area (Å²) in [6.07, 6.45) is 2.88. The summed E-state index contributed by atoms with van der Waals surface area (Å²) in [5, 5.41) is 5.02. The van der Waals surface area contributed by atoms with Crippen LogP contribution in [-0.4, -0.2) is 57.2 Å². The number of methoxy groups -OCH3 is 3. The van der Waals surface area contributed by atoms with Gasteiger partial charge in [-0.3, -0.25) is 9.59 Å². The number of carbonyl (C=O) groups excluding carboxylic acids is 2. The Bertz CT molecular complexity index is 1270. The lowest BCUT2D eigenvalue weighted by Crippen LogP contribution is -2.48. The van der Waals surface area contributed by atoms with E-state index in [-0.39, 0.29) is 18.2 Å². The standard InChI is InChI=1S/C29H32N2O5/c1-19(30-27(32)16-22-10-7-9-20-8-5-6-11-24(20)22)29(33)31-14-12-21(13-15-31)28-25(35-3)17-23(34-2)18-26(28)36-4/h5-12,17-19H,13-16H2,1-4H3,(H,30,32). The molecular weight excluding hydrogens is 456 g/mol. The molecule has 4 rings (SSSR count). The van der Waals surface area contributed by atoms with Gasteiger partial charge in [-0.2, -0.15) is 0 Å². The smallest absolute Gasteiger partial charge is 0.245 e. The molecular formula is C29H32N2O5. The zero-order valence-electron chi connectivity index (χ0n) is 21.2. The van der Waals surface area contributed by atoms with E-state index in [1.54, 1.807) is 33.2 Å². The van der Waals surface area contributed by atoms with E-state index >= 15 is 0 Å². The Morgan fingerprint density at radius 2 is 1.67 bits per heavy atom. The topological polar surface area (TPSA) is 77.1 Å². The lowest BCUT2D eigenvalue weighted by atomic mass is 9.97. The third-order valence-electron chi connectivity index (χ3n) is 6.54. The van der Waals surface area contributed by atoms with Crippen molar-refractivity contribution in [2.75, 3.05) is 34.4 Å². The molecule has 1 aliphatic heterocycles. The molecule has 36 heavy (non-hydrogen) atoms. The first-order valence-corrected chi connectivity index (χ1v) is 12.0. The van der Waals surface area contributed by atoms with Crippen LogP contribution in [0, 0.1) is 0 Å². The van der Waals surface area contributed by atoms with Gasteiger partial charge in [0.05, 0.1) is 33.3 Å². The van der Waals surface area contributed by atoms with E-state index in [9.17, 15) is 9.59 Å². The summed E-state index contributed by atoms with van der Waals surface area (Å²) < 4.78 is 16.5. The maximum absolute atomic E-state index is 13.1. The average Bonchev–Trinajstić information content (AvgIpc) is 2.92. The van der Waals surface area contributed by atoms with Gasteiger partial charge in [0.25, 0.3) is 0 Å². The summed E-state index contributed by atoms with van der Waals surface area (Å²) in [7, 11) is 4.82. The number of hydrogen-bond acceptors (Lipinski definition) is 5. The number of nitrogens with zero attached hydrogens (tertiary/aromatic N) is 1. The first-order valence-electron chi connectivity index (χ1n) is 12.0. The maximum Gasteiger partial charge on any atom is 0.245 e. The van der Waals surface area contributed by atoms with Gasteiger partial charge in [0.1, 0.15) is 23.3 Å². The van der Waals surface area contributed by atoms with Crippen molar-refractivity contribution in [3.63, 3.8) is 0 Å². The quantitative estimate of drug-likeness (QED) is 0.514. The fourth-order valence-electron chi connectivity index (χ4n) is 4.67. The van der Waals surface area contributed by atoms with E-state index in [2.05, 4.69) is 5.32 Å². The Morgan fingerprint density at radius 1 is 0.972 bits per heavy atom. The SMILES string of the molecule is COc1cc(OC)c(C2=CCN(C(=O)C(C)NC(=O)Cc3cccc4ccccc34)CC2)c(OC)c1. The molecule has 3 aromatic carbocycles. The normalized spacial score (nSPS) is 14.1. The minimum atomic E-state index is -0.618. The number of hydrogen-bond donors (Lipinski definition) is 1. The number of ether oxygens (including phenoxy) is 3. The zero-order valence-corrected chi connectivity index (χ0v) is 21.2. The Balaban J connectivity index is 1.41. The molecule has 2 amide bonds. The van der Waals surface area contributed by atoms with Gasteiger partial charge in [-0.25, -0.2) is 0 Å². The van der Waals surface area contributed by atoms with Crippen LogP contribution in [0.25, 0.3) is 16.3 Å². The number of nitrogens with one attached hydrogen (secondary N) is 1. The van der Waals surface area contributed by atoms with Crippen LogP contribution in [-0.2, 0) is 16.0 Å². The van der Waals surface area contributed by atoms with E-state index in [0.717, 1.165) is 27.5 Å². The Labute approximate surface area is 211 Å². The van der Waals surface area contributed by atoms with E-state index < -0.39 is 6.04 Å². The molecule has 1 unspecified atom stereocenters. The first kappa shape index (κ1) is 25.1. The molecule has 3 aromatic rings. The van der Waals surface area contributed by atoms with Gasteiger partial charge >= 0.3 is 0 Å². The molecule has 1 heterocycles. The minimum Gasteiger partial charge on any atom is -0.496 e. The van der Waals surface area contributed by atoms with Crippen LogP contribution < -0.4 is 19.5 Å². The van der Waals surface area contributed by atoms with Crippen LogP contribution in [0.5, 0.6) is 17.2 Å². The second kappa shape index (κ2) is 11.2. The molecule has 0 saturated heterocycles. The molecule has 0 fully saturated rings. The second-order valence-electron chi connectivity index (χ2n) is 8.77. The lowest BCUT2D eigenvalue weighted by molar-refractivity contribution is -0.135. The summed E-state index contributed by atoms with van der Waals surface area (Å²) in [5.74, 6) is 1.68. The summed E-state index contributed by atoms with van der Waals surface area (Å²) in [5.41, 5.74) is 2.85. The van der Waals surface area contributed by atoms with E-state index in [1.165, 1.54) is 0 Å². The van der Waals surface area contributed by atoms with Crippen molar-refractivity contribution in [2.24, 2.45) is 0 Å². The highest BCUT2D eigenvalue weighted by molar-refractivity contribution is 5.92. The molecule has 0 aromatic heterocycles. The molecule has 0 bridgehead atoms. The highest BCUT2D eigenvalue weighted by Gasteiger charge is 2.26. The molecule has 1 aliphatic rings. The Kier molecular flexibility index (Phi) is 7.78. The third kappa shape index (κ3) is 5.30. The molecule has 0 aliphatic carbocycles. The van der Waals surface area contributed by atoms with Gasteiger partial charge in [-0.1, -0.05) is 48.5 Å². The predicted octanol–water partition coefficient (Wildman–Crippen LogP) is 4.23. The molecule has 1 N–H and O–H groups in total. The van der Waals surface area contributed by atoms with Crippen LogP contribution in [0.1, 0.15) is 24.5 Å². The van der Waals surface area contributed by atoms with E-state index in [1.807, 2.05) is 60.7 Å². The van der Waals surface area contributed by atoms with Crippen LogP contribution in [0.3, 0.4) is 0 Å². The fraction of sp³-hybridized carbons (Fsp3) is 0.310. The number of rotatable bonds is 8. The fourth-order valence-corrected chi connectivity index (χ4v) is 4.67. The highest BCUT2D eigenvalue weighted by Crippen LogP contribution is 2.40. The van der Waals surface area contributed by atoms with Gasteiger partial charge < -0.3 is 24.4 Å². The summed E-state index contributed by atoms with van der Waals surface area (Å²) in [6, 6.07) is 16.9. The van der Waals surface area contributed by atoms with Gasteiger partial charge in [-0.05, 0) is 35.3 Å². The lowest BCUT2D eigenvalue weighted by Gasteiger charge is -2.30. The van der Waals surface area contributed by atoms with Gasteiger partial charge in [0.2, 0.25) is 11.8 Å². The van der Waals surface area contributed by atoms with Crippen molar-refractivity contribution in [3.05, 3.63) is 71.8 Å². The van der Waals surface area contributed by atoms with Gasteiger partial charge in [-0.15, -0.1) is 0 Å². The maximum atomic E-state index is 13.1. The highest BCUT2D eigenvalue weighted by atomic mass is 16.5. The van der Waals surface area contributed by atoms with Gasteiger partial charge in [0, 0.05) is 25.2 Å². The van der Waals surface area contributed by atoms with Crippen LogP contribution in [0.15, 0.2) is 60.7 Å². The monoisotopic (exact) mass is 488 g/mol. The zero-order chi connectivity index (χ0) is 25.7. The molecule has 0 radical (unpaired) electrons. The molecule has 0 saturated carbocycles. The Hall–Kier alpha value is -4.00. The number of fused-ring (bicyclic) bond motifs is 1. The average molecular weight is 489 g/mol. The summed E-state index contributed by atoms with van der Waals surface area (Å²) in [4.78, 5) is 27.6. The van der Waals surface area contributed by atoms with Gasteiger partial charge in [0.15, 0.2) is 0 Å². The molecule has 7 heteroatoms. The molecule has 1 atom stereocenters. The van der Waals surface area contributed by atoms with Crippen molar-refractivity contribution >= 4 is 28.2 Å². The first-order chi connectivity index (χ1) is 17.4. The van der Waals surface area contributed by atoms with Crippen molar-refractivity contribution in [2.45, 2.75) is 25.8 Å². The molecule has 7 nitrogen and oxygen atoms in total. The van der Waals surface area contributed by atoms with Crippen LogP contribution in [0.2, 0.25) is 0 Å². The van der Waals surface area contributed by atoms with E-state index in [4.69, 9.17) is 14.2 Å².